The molecule has 1 aliphatic rings. The van der Waals surface area contributed by atoms with Crippen LogP contribution in [0.5, 0.6) is 6.01 Å². The van der Waals surface area contributed by atoms with Gasteiger partial charge < -0.3 is 20.3 Å². The number of pyridine rings is 1. The standard InChI is InChI=1S/C25H26F4N8O3/c1-13-10-36(11-14(2)31-13)20-5-4-17(21-18(20)9-30-24(34-21)39-6-7-40-25(27,28)29)23(38)33-16-8-19(26)22-32-15(3)35-37(22)12-16/h4-5,8-9,12-14,31H,6-7,10-11H2,1-3H3,(H,33,38)/t13-,14-/m1/s1. The Morgan fingerprint density at radius 2 is 1.93 bits per heavy atom. The number of alkyl halides is 3. The minimum Gasteiger partial charge on any atom is -0.461 e. The molecule has 1 aromatic carbocycles. The molecule has 212 valence electrons. The van der Waals surface area contributed by atoms with Gasteiger partial charge in [-0.15, -0.1) is 13.2 Å². The van der Waals surface area contributed by atoms with Crippen molar-refractivity contribution >= 4 is 33.8 Å². The number of carbonyl (C=O) groups excluding carboxylic acids is 1. The Kier molecular flexibility index (Phi) is 7.42. The van der Waals surface area contributed by atoms with E-state index in [1.54, 1.807) is 19.1 Å². The van der Waals surface area contributed by atoms with E-state index in [4.69, 9.17) is 4.74 Å². The van der Waals surface area contributed by atoms with Crippen LogP contribution in [-0.2, 0) is 4.74 Å². The van der Waals surface area contributed by atoms with Crippen molar-refractivity contribution in [2.45, 2.75) is 39.2 Å². The van der Waals surface area contributed by atoms with Gasteiger partial charge >= 0.3 is 12.4 Å². The molecule has 11 nitrogen and oxygen atoms in total. The third-order valence-corrected chi connectivity index (χ3v) is 6.18. The molecule has 2 atom stereocenters. The van der Waals surface area contributed by atoms with Crippen LogP contribution in [0, 0.1) is 12.7 Å². The summed E-state index contributed by atoms with van der Waals surface area (Å²) >= 11 is 0. The highest BCUT2D eigenvalue weighted by atomic mass is 19.4. The van der Waals surface area contributed by atoms with E-state index < -0.39 is 31.3 Å². The second-order valence-electron chi connectivity index (χ2n) is 9.52. The fourth-order valence-corrected chi connectivity index (χ4v) is 4.75. The van der Waals surface area contributed by atoms with E-state index in [1.807, 2.05) is 0 Å². The van der Waals surface area contributed by atoms with Crippen molar-refractivity contribution < 1.29 is 31.8 Å². The van der Waals surface area contributed by atoms with Gasteiger partial charge in [-0.3, -0.25) is 9.53 Å². The number of piperazine rings is 1. The van der Waals surface area contributed by atoms with Crippen LogP contribution in [0.2, 0.25) is 0 Å². The van der Waals surface area contributed by atoms with Crippen LogP contribution in [0.1, 0.15) is 30.0 Å². The highest BCUT2D eigenvalue weighted by Crippen LogP contribution is 2.31. The molecule has 2 N–H and O–H groups in total. The van der Waals surface area contributed by atoms with E-state index in [0.717, 1.165) is 11.8 Å². The highest BCUT2D eigenvalue weighted by Gasteiger charge is 2.29. The number of anilines is 2. The molecule has 1 saturated heterocycles. The first-order chi connectivity index (χ1) is 19.0. The number of fused-ring (bicyclic) bond motifs is 2. The molecule has 0 unspecified atom stereocenters. The molecular formula is C25H26F4N8O3. The van der Waals surface area contributed by atoms with E-state index in [-0.39, 0.29) is 40.5 Å². The molecule has 0 aliphatic carbocycles. The lowest BCUT2D eigenvalue weighted by atomic mass is 10.0. The van der Waals surface area contributed by atoms with Crippen molar-refractivity contribution in [1.29, 1.82) is 0 Å². The first kappa shape index (κ1) is 27.5. The van der Waals surface area contributed by atoms with Gasteiger partial charge in [-0.1, -0.05) is 0 Å². The second-order valence-corrected chi connectivity index (χ2v) is 9.52. The molecule has 1 aliphatic heterocycles. The van der Waals surface area contributed by atoms with Gasteiger partial charge in [0.25, 0.3) is 5.91 Å². The number of aryl methyl sites for hydroxylation is 1. The molecular weight excluding hydrogens is 536 g/mol. The third kappa shape index (κ3) is 6.04. The first-order valence-corrected chi connectivity index (χ1v) is 12.4. The Morgan fingerprint density at radius 1 is 1.18 bits per heavy atom. The molecule has 4 heterocycles. The Labute approximate surface area is 225 Å². The lowest BCUT2D eigenvalue weighted by molar-refractivity contribution is -0.325. The van der Waals surface area contributed by atoms with E-state index in [1.165, 1.54) is 16.9 Å². The summed E-state index contributed by atoms with van der Waals surface area (Å²) in [5.41, 5.74) is 1.28. The number of aromatic nitrogens is 5. The first-order valence-electron chi connectivity index (χ1n) is 12.4. The maximum absolute atomic E-state index is 14.6. The topological polar surface area (TPSA) is 119 Å². The van der Waals surface area contributed by atoms with Gasteiger partial charge in [0.1, 0.15) is 12.4 Å². The Bertz CT molecular complexity index is 1550. The van der Waals surface area contributed by atoms with Crippen molar-refractivity contribution in [2.75, 3.05) is 36.5 Å². The zero-order valence-electron chi connectivity index (χ0n) is 21.8. The quantitative estimate of drug-likeness (QED) is 0.258. The van der Waals surface area contributed by atoms with Gasteiger partial charge in [0.05, 0.1) is 29.6 Å². The average molecular weight is 563 g/mol. The summed E-state index contributed by atoms with van der Waals surface area (Å²) in [5, 5.41) is 10.7. The predicted molar refractivity (Wildman–Crippen MR) is 137 cm³/mol. The van der Waals surface area contributed by atoms with Gasteiger partial charge in [0.15, 0.2) is 11.5 Å². The Balaban J connectivity index is 1.48. The van der Waals surface area contributed by atoms with Gasteiger partial charge in [0.2, 0.25) is 0 Å². The van der Waals surface area contributed by atoms with E-state index in [0.29, 0.717) is 24.3 Å². The summed E-state index contributed by atoms with van der Waals surface area (Å²) in [5.74, 6) is -0.899. The summed E-state index contributed by atoms with van der Waals surface area (Å²) in [7, 11) is 0. The van der Waals surface area contributed by atoms with Crippen molar-refractivity contribution in [3.63, 3.8) is 0 Å². The molecule has 1 fully saturated rings. The fourth-order valence-electron chi connectivity index (χ4n) is 4.75. The van der Waals surface area contributed by atoms with E-state index >= 15 is 0 Å². The van der Waals surface area contributed by atoms with Gasteiger partial charge in [-0.25, -0.2) is 18.9 Å². The van der Waals surface area contributed by atoms with Crippen LogP contribution < -0.4 is 20.3 Å². The number of ether oxygens (including phenoxy) is 2. The number of rotatable bonds is 7. The van der Waals surface area contributed by atoms with Crippen LogP contribution in [-0.4, -0.2) is 75.2 Å². The number of hydrogen-bond acceptors (Lipinski definition) is 9. The molecule has 15 heteroatoms. The molecule has 0 radical (unpaired) electrons. The molecule has 3 aromatic heterocycles. The third-order valence-electron chi connectivity index (χ3n) is 6.18. The molecule has 0 spiro atoms. The van der Waals surface area contributed by atoms with Gasteiger partial charge in [-0.2, -0.15) is 10.1 Å². The number of carbonyl (C=O) groups is 1. The smallest absolute Gasteiger partial charge is 0.461 e. The largest absolute Gasteiger partial charge is 0.522 e. The van der Waals surface area contributed by atoms with E-state index in [9.17, 15) is 22.4 Å². The minimum absolute atomic E-state index is 0.0220. The number of benzene rings is 1. The Morgan fingerprint density at radius 3 is 2.65 bits per heavy atom. The van der Waals surface area contributed by atoms with Crippen LogP contribution >= 0.6 is 0 Å². The van der Waals surface area contributed by atoms with E-state index in [2.05, 4.69) is 54.2 Å². The number of nitrogens with one attached hydrogen (secondary N) is 2. The normalized spacial score (nSPS) is 17.9. The SMILES string of the molecule is Cc1nc2c(F)cc(NC(=O)c3ccc(N4C[C@@H](C)N[C@H](C)C4)c4cnc(OCCOC(F)(F)F)nc34)cn2n1. The number of hydrogen-bond donors (Lipinski definition) is 2. The number of nitrogens with zero attached hydrogens (tertiary/aromatic N) is 6. The zero-order valence-corrected chi connectivity index (χ0v) is 21.8. The minimum atomic E-state index is -4.79. The molecule has 0 bridgehead atoms. The van der Waals surface area contributed by atoms with Crippen molar-refractivity contribution in [2.24, 2.45) is 0 Å². The number of amides is 1. The van der Waals surface area contributed by atoms with Crippen LogP contribution in [0.15, 0.2) is 30.6 Å². The van der Waals surface area contributed by atoms with Crippen LogP contribution in [0.4, 0.5) is 28.9 Å². The highest BCUT2D eigenvalue weighted by molar-refractivity contribution is 6.13. The summed E-state index contributed by atoms with van der Waals surface area (Å²) in [6.45, 7) is 5.89. The van der Waals surface area contributed by atoms with Gasteiger partial charge in [-0.05, 0) is 32.9 Å². The average Bonchev–Trinajstić information content (AvgIpc) is 3.25. The second kappa shape index (κ2) is 10.8. The molecule has 0 saturated carbocycles. The molecule has 5 rings (SSSR count). The molecule has 40 heavy (non-hydrogen) atoms. The van der Waals surface area contributed by atoms with Crippen LogP contribution in [0.3, 0.4) is 0 Å². The van der Waals surface area contributed by atoms with Crippen molar-refractivity contribution in [3.8, 4) is 6.01 Å². The van der Waals surface area contributed by atoms with Crippen molar-refractivity contribution in [1.82, 2.24) is 29.9 Å². The predicted octanol–water partition coefficient (Wildman–Crippen LogP) is 3.47. The van der Waals surface area contributed by atoms with Crippen LogP contribution in [0.25, 0.3) is 16.6 Å². The summed E-state index contributed by atoms with van der Waals surface area (Å²) in [6, 6.07) is 4.67. The number of halogens is 4. The summed E-state index contributed by atoms with van der Waals surface area (Å²) < 4.78 is 61.7. The molecule has 1 amide bonds. The summed E-state index contributed by atoms with van der Waals surface area (Å²) in [4.78, 5) is 28.1. The lowest BCUT2D eigenvalue weighted by Crippen LogP contribution is -2.54. The van der Waals surface area contributed by atoms with Crippen molar-refractivity contribution in [3.05, 3.63) is 47.8 Å². The van der Waals surface area contributed by atoms with Gasteiger partial charge in [0, 0.05) is 48.5 Å². The maximum atomic E-state index is 14.6. The zero-order chi connectivity index (χ0) is 28.6. The fraction of sp³-hybridized carbons (Fsp3) is 0.400. The summed E-state index contributed by atoms with van der Waals surface area (Å²) in [6.07, 6.45) is -1.89. The lowest BCUT2D eigenvalue weighted by Gasteiger charge is -2.38. The molecule has 4 aromatic rings. The Hall–Kier alpha value is -4.11. The maximum Gasteiger partial charge on any atom is 0.522 e. The monoisotopic (exact) mass is 562 g/mol.